The second-order valence-corrected chi connectivity index (χ2v) is 5.92. The molecule has 0 saturated heterocycles. The van der Waals surface area contributed by atoms with Gasteiger partial charge in [0.15, 0.2) is 11.6 Å². The fourth-order valence-electron chi connectivity index (χ4n) is 3.13. The number of benzene rings is 2. The number of carbonyl (C=O) groups excluding carboxylic acids is 1. The Bertz CT molecular complexity index is 1010. The molecule has 1 atom stereocenters. The Balaban J connectivity index is 1.86. The molecule has 1 aromatic heterocycles. The van der Waals surface area contributed by atoms with Crippen molar-refractivity contribution in [2.24, 2.45) is 0 Å². The molecule has 1 amide bonds. The summed E-state index contributed by atoms with van der Waals surface area (Å²) in [5, 5.41) is 2.58. The molecule has 0 bridgehead atoms. The number of rotatable bonds is 2. The number of anilines is 1. The first-order valence-corrected chi connectivity index (χ1v) is 7.71. The van der Waals surface area contributed by atoms with Gasteiger partial charge in [0.25, 0.3) is 0 Å². The van der Waals surface area contributed by atoms with Crippen LogP contribution in [0.5, 0.6) is 0 Å². The van der Waals surface area contributed by atoms with Crippen LogP contribution < -0.4 is 5.32 Å². The summed E-state index contributed by atoms with van der Waals surface area (Å²) in [5.41, 5.74) is 0.396. The first-order valence-electron chi connectivity index (χ1n) is 7.71. The van der Waals surface area contributed by atoms with Gasteiger partial charge < -0.3 is 5.32 Å². The van der Waals surface area contributed by atoms with E-state index in [9.17, 15) is 22.4 Å². The first kappa shape index (κ1) is 16.3. The Morgan fingerprint density at radius 2 is 1.81 bits per heavy atom. The monoisotopic (exact) mass is 361 g/mol. The third-order valence-electron chi connectivity index (χ3n) is 4.26. The largest absolute Gasteiger partial charge is 0.310 e. The molecule has 0 saturated carbocycles. The molecule has 4 nitrogen and oxygen atoms in total. The lowest BCUT2D eigenvalue weighted by atomic mass is 9.89. The predicted octanol–water partition coefficient (Wildman–Crippen LogP) is 3.90. The fraction of sp³-hybridized carbons (Fsp3) is 0.111. The van der Waals surface area contributed by atoms with Crippen LogP contribution in [-0.4, -0.2) is 15.5 Å². The van der Waals surface area contributed by atoms with Crippen molar-refractivity contribution in [3.8, 4) is 5.69 Å². The number of hydrogen-bond donors (Lipinski definition) is 1. The van der Waals surface area contributed by atoms with Crippen LogP contribution >= 0.6 is 0 Å². The van der Waals surface area contributed by atoms with Crippen LogP contribution in [0.3, 0.4) is 0 Å². The van der Waals surface area contributed by atoms with E-state index >= 15 is 0 Å². The third-order valence-corrected chi connectivity index (χ3v) is 4.26. The zero-order chi connectivity index (χ0) is 18.4. The summed E-state index contributed by atoms with van der Waals surface area (Å²) in [7, 11) is 0. The van der Waals surface area contributed by atoms with Crippen LogP contribution in [0, 0.1) is 23.3 Å². The Hall–Kier alpha value is -3.16. The van der Waals surface area contributed by atoms with Crippen LogP contribution in [0.2, 0.25) is 0 Å². The molecule has 1 aliphatic rings. The number of fused-ring (bicyclic) bond motifs is 1. The average Bonchev–Trinajstić information content (AvgIpc) is 2.99. The van der Waals surface area contributed by atoms with Gasteiger partial charge in [-0.3, -0.25) is 9.36 Å². The molecule has 3 aromatic rings. The van der Waals surface area contributed by atoms with Crippen molar-refractivity contribution >= 4 is 11.7 Å². The van der Waals surface area contributed by atoms with Gasteiger partial charge in [0.1, 0.15) is 23.8 Å². The normalized spacial score (nSPS) is 16.3. The van der Waals surface area contributed by atoms with Crippen molar-refractivity contribution in [2.75, 3.05) is 5.32 Å². The molecular formula is C18H11F4N3O. The number of amides is 1. The van der Waals surface area contributed by atoms with Crippen molar-refractivity contribution in [3.05, 3.63) is 77.3 Å². The highest BCUT2D eigenvalue weighted by atomic mass is 19.2. The molecular weight excluding hydrogens is 350 g/mol. The number of aromatic nitrogens is 2. The van der Waals surface area contributed by atoms with Gasteiger partial charge in [-0.1, -0.05) is 12.1 Å². The van der Waals surface area contributed by atoms with E-state index in [-0.39, 0.29) is 23.5 Å². The number of carbonyl (C=O) groups is 1. The predicted molar refractivity (Wildman–Crippen MR) is 84.9 cm³/mol. The summed E-state index contributed by atoms with van der Waals surface area (Å²) in [6.45, 7) is 0. The third kappa shape index (κ3) is 2.63. The molecule has 0 aliphatic carbocycles. The Kier molecular flexibility index (Phi) is 3.75. The van der Waals surface area contributed by atoms with E-state index in [1.807, 2.05) is 0 Å². The minimum absolute atomic E-state index is 0.00299. The maximum atomic E-state index is 14.2. The van der Waals surface area contributed by atoms with Gasteiger partial charge in [-0.25, -0.2) is 22.5 Å². The highest BCUT2D eigenvalue weighted by Gasteiger charge is 2.33. The molecule has 0 spiro atoms. The number of nitrogens with one attached hydrogen (secondary N) is 1. The molecule has 2 heterocycles. The number of nitrogens with zero attached hydrogens (tertiary/aromatic N) is 2. The van der Waals surface area contributed by atoms with E-state index in [0.29, 0.717) is 5.69 Å². The van der Waals surface area contributed by atoms with Crippen molar-refractivity contribution in [1.82, 2.24) is 9.55 Å². The van der Waals surface area contributed by atoms with Crippen LogP contribution in [0.25, 0.3) is 5.69 Å². The number of halogens is 4. The Morgan fingerprint density at radius 3 is 2.54 bits per heavy atom. The molecule has 132 valence electrons. The Morgan fingerprint density at radius 1 is 1.08 bits per heavy atom. The maximum Gasteiger partial charge on any atom is 0.226 e. The smallest absolute Gasteiger partial charge is 0.226 e. The molecule has 1 aliphatic heterocycles. The van der Waals surface area contributed by atoms with Crippen molar-refractivity contribution in [1.29, 1.82) is 0 Å². The van der Waals surface area contributed by atoms with Crippen LogP contribution in [-0.2, 0) is 4.79 Å². The second-order valence-electron chi connectivity index (χ2n) is 5.92. The minimum Gasteiger partial charge on any atom is -0.310 e. The number of imidazole rings is 1. The summed E-state index contributed by atoms with van der Waals surface area (Å²) in [5.74, 6) is -4.75. The van der Waals surface area contributed by atoms with Crippen molar-refractivity contribution in [3.63, 3.8) is 0 Å². The van der Waals surface area contributed by atoms with Gasteiger partial charge in [0, 0.05) is 24.0 Å². The van der Waals surface area contributed by atoms with Gasteiger partial charge >= 0.3 is 0 Å². The molecule has 0 radical (unpaired) electrons. The highest BCUT2D eigenvalue weighted by molar-refractivity contribution is 5.94. The van der Waals surface area contributed by atoms with E-state index in [2.05, 4.69) is 10.3 Å². The van der Waals surface area contributed by atoms with Gasteiger partial charge in [0.05, 0.1) is 11.4 Å². The number of hydrogen-bond acceptors (Lipinski definition) is 2. The fourth-order valence-corrected chi connectivity index (χ4v) is 3.13. The summed E-state index contributed by atoms with van der Waals surface area (Å²) >= 11 is 0. The van der Waals surface area contributed by atoms with Crippen LogP contribution in [0.1, 0.15) is 23.6 Å². The van der Waals surface area contributed by atoms with Gasteiger partial charge in [-0.05, 0) is 18.2 Å². The summed E-state index contributed by atoms with van der Waals surface area (Å²) < 4.78 is 56.1. The van der Waals surface area contributed by atoms with E-state index in [0.717, 1.165) is 24.3 Å². The highest BCUT2D eigenvalue weighted by Crippen LogP contribution is 2.38. The van der Waals surface area contributed by atoms with E-state index < -0.39 is 35.1 Å². The molecule has 1 unspecified atom stereocenters. The maximum absolute atomic E-state index is 14.2. The van der Waals surface area contributed by atoms with Gasteiger partial charge in [-0.2, -0.15) is 0 Å². The minimum atomic E-state index is -1.05. The van der Waals surface area contributed by atoms with Crippen LogP contribution in [0.15, 0.2) is 42.7 Å². The van der Waals surface area contributed by atoms with E-state index in [1.165, 1.54) is 23.0 Å². The molecule has 0 fully saturated rings. The standard InChI is InChI=1S/C18H11F4N3O/c19-9-4-10(20)6-11(5-9)25-8-23-17-13(7-15(26)24-18(17)25)12-2-1-3-14(21)16(12)22/h1-6,8,13H,7H2,(H,24,26). The van der Waals surface area contributed by atoms with Crippen molar-refractivity contribution < 1.29 is 22.4 Å². The Labute approximate surface area is 145 Å². The lowest BCUT2D eigenvalue weighted by molar-refractivity contribution is -0.116. The SMILES string of the molecule is O=C1CC(c2cccc(F)c2F)c2ncn(-c3cc(F)cc(F)c3)c2N1. The molecule has 1 N–H and O–H groups in total. The first-order chi connectivity index (χ1) is 12.4. The van der Waals surface area contributed by atoms with Crippen molar-refractivity contribution in [2.45, 2.75) is 12.3 Å². The lowest BCUT2D eigenvalue weighted by Crippen LogP contribution is -2.25. The average molecular weight is 361 g/mol. The van der Waals surface area contributed by atoms with E-state index in [1.54, 1.807) is 0 Å². The quantitative estimate of drug-likeness (QED) is 0.704. The molecule has 4 rings (SSSR count). The zero-order valence-electron chi connectivity index (χ0n) is 13.1. The lowest BCUT2D eigenvalue weighted by Gasteiger charge is -2.23. The van der Waals surface area contributed by atoms with Gasteiger partial charge in [0.2, 0.25) is 5.91 Å². The summed E-state index contributed by atoms with van der Waals surface area (Å²) in [4.78, 5) is 16.3. The van der Waals surface area contributed by atoms with Gasteiger partial charge in [-0.15, -0.1) is 0 Å². The topological polar surface area (TPSA) is 46.9 Å². The molecule has 2 aromatic carbocycles. The van der Waals surface area contributed by atoms with Crippen LogP contribution in [0.4, 0.5) is 23.4 Å². The molecule has 8 heteroatoms. The summed E-state index contributed by atoms with van der Waals surface area (Å²) in [6, 6.07) is 6.57. The summed E-state index contributed by atoms with van der Waals surface area (Å²) in [6.07, 6.45) is 1.15. The second kappa shape index (κ2) is 5.98. The molecule has 26 heavy (non-hydrogen) atoms. The zero-order valence-corrected chi connectivity index (χ0v) is 13.1. The van der Waals surface area contributed by atoms with E-state index in [4.69, 9.17) is 0 Å².